The lowest BCUT2D eigenvalue weighted by Gasteiger charge is -2.38. The minimum atomic E-state index is -1.39. The van der Waals surface area contributed by atoms with E-state index in [4.69, 9.17) is 0 Å². The summed E-state index contributed by atoms with van der Waals surface area (Å²) in [5, 5.41) is 19.8. The second kappa shape index (κ2) is 5.86. The zero-order chi connectivity index (χ0) is 18.2. The van der Waals surface area contributed by atoms with E-state index in [0.29, 0.717) is 19.4 Å². The molecule has 126 valence electrons. The molecule has 2 aliphatic rings. The number of carbonyl (C=O) groups excluding carboxylic acids is 1. The summed E-state index contributed by atoms with van der Waals surface area (Å²) < 4.78 is 0. The molecule has 0 fully saturated rings. The van der Waals surface area contributed by atoms with E-state index < -0.39 is 10.8 Å². The number of fused-ring (bicyclic) bond motifs is 2. The van der Waals surface area contributed by atoms with Crippen molar-refractivity contribution in [3.63, 3.8) is 0 Å². The van der Waals surface area contributed by atoms with Gasteiger partial charge in [0.25, 0.3) is 0 Å². The molecule has 1 aliphatic carbocycles. The molecule has 0 saturated carbocycles. The van der Waals surface area contributed by atoms with E-state index in [2.05, 4.69) is 12.1 Å². The second-order valence-corrected chi connectivity index (χ2v) is 6.77. The molecule has 4 rings (SSSR count). The van der Waals surface area contributed by atoms with Crippen molar-refractivity contribution < 1.29 is 4.79 Å². The number of rotatable bonds is 2. The van der Waals surface area contributed by atoms with E-state index in [1.807, 2.05) is 60.7 Å². The van der Waals surface area contributed by atoms with Crippen molar-refractivity contribution in [3.8, 4) is 12.1 Å². The summed E-state index contributed by atoms with van der Waals surface area (Å²) in [6.07, 6.45) is 4.69. The fourth-order valence-electron chi connectivity index (χ4n) is 4.19. The first-order valence-corrected chi connectivity index (χ1v) is 8.64. The Morgan fingerprint density at radius 3 is 2.42 bits per heavy atom. The lowest BCUT2D eigenvalue weighted by Crippen LogP contribution is -2.51. The van der Waals surface area contributed by atoms with Crippen LogP contribution in [-0.4, -0.2) is 5.91 Å². The minimum Gasteiger partial charge on any atom is -0.307 e. The molecule has 26 heavy (non-hydrogen) atoms. The van der Waals surface area contributed by atoms with Gasteiger partial charge in [0, 0.05) is 5.69 Å². The monoisotopic (exact) mass is 339 g/mol. The first-order valence-electron chi connectivity index (χ1n) is 8.64. The smallest absolute Gasteiger partial charge is 0.244 e. The van der Waals surface area contributed by atoms with Gasteiger partial charge < -0.3 is 4.90 Å². The van der Waals surface area contributed by atoms with Crippen LogP contribution in [0.4, 0.5) is 5.69 Å². The Morgan fingerprint density at radius 2 is 1.69 bits per heavy atom. The van der Waals surface area contributed by atoms with Gasteiger partial charge in [-0.1, -0.05) is 60.7 Å². The molecule has 0 N–H and O–H groups in total. The van der Waals surface area contributed by atoms with Gasteiger partial charge in [0.05, 0.1) is 18.7 Å². The van der Waals surface area contributed by atoms with Crippen LogP contribution >= 0.6 is 0 Å². The Hall–Kier alpha value is -3.37. The maximum absolute atomic E-state index is 13.6. The van der Waals surface area contributed by atoms with Gasteiger partial charge in [-0.3, -0.25) is 4.79 Å². The first-order chi connectivity index (χ1) is 12.7. The largest absolute Gasteiger partial charge is 0.307 e. The molecule has 0 saturated heterocycles. The Labute approximate surface area is 152 Å². The standard InChI is InChI=1S/C22H17N3O/c23-15-21(16-24)12-6-7-13-22(21)18-10-4-5-11-19(18)25(20(22)26)14-17-8-2-1-3-9-17/h1-5,7-11,13H,6,12,14H2/t22-/m0/s1. The van der Waals surface area contributed by atoms with Crippen molar-refractivity contribution in [3.05, 3.63) is 77.9 Å². The third kappa shape index (κ3) is 1.96. The van der Waals surface area contributed by atoms with Gasteiger partial charge in [-0.25, -0.2) is 0 Å². The Balaban J connectivity index is 1.92. The number of benzene rings is 2. The predicted molar refractivity (Wildman–Crippen MR) is 97.8 cm³/mol. The van der Waals surface area contributed by atoms with Crippen molar-refractivity contribution >= 4 is 11.6 Å². The average Bonchev–Trinajstić information content (AvgIpc) is 2.93. The summed E-state index contributed by atoms with van der Waals surface area (Å²) in [6, 6.07) is 21.7. The van der Waals surface area contributed by atoms with E-state index in [1.54, 1.807) is 11.0 Å². The van der Waals surface area contributed by atoms with Gasteiger partial charge >= 0.3 is 0 Å². The van der Waals surface area contributed by atoms with Crippen molar-refractivity contribution in [2.45, 2.75) is 24.8 Å². The highest BCUT2D eigenvalue weighted by atomic mass is 16.2. The molecule has 1 atom stereocenters. The number of hydrogen-bond acceptors (Lipinski definition) is 3. The van der Waals surface area contributed by atoms with Crippen molar-refractivity contribution in [1.29, 1.82) is 10.5 Å². The summed E-state index contributed by atoms with van der Waals surface area (Å²) in [5.41, 5.74) is -0.0877. The number of carbonyl (C=O) groups is 1. The van der Waals surface area contributed by atoms with Crippen LogP contribution in [0.15, 0.2) is 66.7 Å². The molecule has 1 heterocycles. The summed E-state index contributed by atoms with van der Waals surface area (Å²) in [4.78, 5) is 15.4. The Bertz CT molecular complexity index is 966. The highest BCUT2D eigenvalue weighted by molar-refractivity contribution is 6.11. The normalized spacial score (nSPS) is 22.7. The van der Waals surface area contributed by atoms with E-state index in [0.717, 1.165) is 16.8 Å². The van der Waals surface area contributed by atoms with Gasteiger partial charge in [0.1, 0.15) is 5.41 Å². The van der Waals surface area contributed by atoms with Gasteiger partial charge in [-0.05, 0) is 30.0 Å². The van der Waals surface area contributed by atoms with Gasteiger partial charge in [-0.2, -0.15) is 10.5 Å². The molecule has 0 radical (unpaired) electrons. The molecule has 2 aromatic carbocycles. The van der Waals surface area contributed by atoms with Crippen LogP contribution in [0.2, 0.25) is 0 Å². The van der Waals surface area contributed by atoms with Gasteiger partial charge in [-0.15, -0.1) is 0 Å². The van der Waals surface area contributed by atoms with Crippen LogP contribution in [0.1, 0.15) is 24.0 Å². The Kier molecular flexibility index (Phi) is 3.63. The number of hydrogen-bond donors (Lipinski definition) is 0. The zero-order valence-electron chi connectivity index (χ0n) is 14.2. The number of amides is 1. The van der Waals surface area contributed by atoms with E-state index in [1.165, 1.54) is 0 Å². The molecule has 1 aliphatic heterocycles. The van der Waals surface area contributed by atoms with Crippen molar-refractivity contribution in [1.82, 2.24) is 0 Å². The molecule has 0 aromatic heterocycles. The number of allylic oxidation sites excluding steroid dienone is 1. The number of para-hydroxylation sites is 1. The number of nitrogens with zero attached hydrogens (tertiary/aromatic N) is 3. The molecule has 0 unspecified atom stereocenters. The first kappa shape index (κ1) is 16.1. The van der Waals surface area contributed by atoms with Crippen molar-refractivity contribution in [2.24, 2.45) is 5.41 Å². The summed E-state index contributed by atoms with van der Waals surface area (Å²) >= 11 is 0. The maximum Gasteiger partial charge on any atom is 0.244 e. The Morgan fingerprint density at radius 1 is 1.00 bits per heavy atom. The van der Waals surface area contributed by atoms with Crippen LogP contribution in [-0.2, 0) is 16.8 Å². The van der Waals surface area contributed by atoms with Crippen LogP contribution < -0.4 is 4.90 Å². The summed E-state index contributed by atoms with van der Waals surface area (Å²) in [5.74, 6) is -0.193. The molecule has 1 amide bonds. The average molecular weight is 339 g/mol. The number of nitriles is 2. The quantitative estimate of drug-likeness (QED) is 0.780. The van der Waals surface area contributed by atoms with Crippen LogP contribution in [0.5, 0.6) is 0 Å². The zero-order valence-corrected chi connectivity index (χ0v) is 14.2. The van der Waals surface area contributed by atoms with E-state index in [-0.39, 0.29) is 5.91 Å². The van der Waals surface area contributed by atoms with E-state index >= 15 is 0 Å². The van der Waals surface area contributed by atoms with Crippen LogP contribution in [0.3, 0.4) is 0 Å². The molecular weight excluding hydrogens is 322 g/mol. The maximum atomic E-state index is 13.6. The fourth-order valence-corrected chi connectivity index (χ4v) is 4.19. The summed E-state index contributed by atoms with van der Waals surface area (Å²) in [7, 11) is 0. The van der Waals surface area contributed by atoms with Crippen molar-refractivity contribution in [2.75, 3.05) is 4.90 Å². The highest BCUT2D eigenvalue weighted by Crippen LogP contribution is 2.56. The van der Waals surface area contributed by atoms with Gasteiger partial charge in [0.2, 0.25) is 5.91 Å². The predicted octanol–water partition coefficient (Wildman–Crippen LogP) is 3.85. The minimum absolute atomic E-state index is 0.193. The third-order valence-electron chi connectivity index (χ3n) is 5.49. The summed E-state index contributed by atoms with van der Waals surface area (Å²) in [6.45, 7) is 0.416. The lowest BCUT2D eigenvalue weighted by molar-refractivity contribution is -0.124. The second-order valence-electron chi connectivity index (χ2n) is 6.77. The molecule has 1 spiro atoms. The van der Waals surface area contributed by atoms with Crippen LogP contribution in [0, 0.1) is 28.1 Å². The lowest BCUT2D eigenvalue weighted by atomic mass is 9.57. The molecule has 4 heteroatoms. The van der Waals surface area contributed by atoms with E-state index in [9.17, 15) is 15.3 Å². The molecule has 2 aromatic rings. The SMILES string of the molecule is N#CC1(C#N)CCC=C[C@]12C(=O)N(Cc1ccccc1)c1ccccc12. The molecule has 4 nitrogen and oxygen atoms in total. The fraction of sp³-hybridized carbons (Fsp3) is 0.227. The third-order valence-corrected chi connectivity index (χ3v) is 5.49. The van der Waals surface area contributed by atoms with Crippen LogP contribution in [0.25, 0.3) is 0 Å². The topological polar surface area (TPSA) is 67.9 Å². The van der Waals surface area contributed by atoms with Gasteiger partial charge in [0.15, 0.2) is 5.41 Å². The number of anilines is 1. The molecule has 0 bridgehead atoms. The highest BCUT2D eigenvalue weighted by Gasteiger charge is 2.63. The molecular formula is C22H17N3O.